The highest BCUT2D eigenvalue weighted by Gasteiger charge is 2.31. The second kappa shape index (κ2) is 8.62. The van der Waals surface area contributed by atoms with Crippen LogP contribution in [-0.4, -0.2) is 41.8 Å². The average Bonchev–Trinajstić information content (AvgIpc) is 2.36. The highest BCUT2D eigenvalue weighted by atomic mass is 16.6. The summed E-state index contributed by atoms with van der Waals surface area (Å²) < 4.78 is 5.47. The van der Waals surface area contributed by atoms with E-state index in [0.717, 1.165) is 25.9 Å². The van der Waals surface area contributed by atoms with E-state index < -0.39 is 5.60 Å². The third-order valence-corrected chi connectivity index (χ3v) is 3.97. The highest BCUT2D eigenvalue weighted by Crippen LogP contribution is 2.20. The summed E-state index contributed by atoms with van der Waals surface area (Å²) in [5.41, 5.74) is -0.412. The molecule has 0 bridgehead atoms. The molecule has 1 aliphatic rings. The number of piperidine rings is 1. The van der Waals surface area contributed by atoms with Crippen LogP contribution >= 0.6 is 0 Å². The molecule has 0 spiro atoms. The lowest BCUT2D eigenvalue weighted by molar-refractivity contribution is 0.00940. The van der Waals surface area contributed by atoms with Crippen molar-refractivity contribution in [2.24, 2.45) is 0 Å². The molecular formula is C17H34N2O2. The lowest BCUT2D eigenvalue weighted by Gasteiger charge is -2.38. The minimum absolute atomic E-state index is 0.170. The van der Waals surface area contributed by atoms with Gasteiger partial charge in [0.1, 0.15) is 5.60 Å². The molecule has 1 fully saturated rings. The number of rotatable bonds is 6. The van der Waals surface area contributed by atoms with E-state index in [-0.39, 0.29) is 12.1 Å². The fourth-order valence-electron chi connectivity index (χ4n) is 2.81. The van der Waals surface area contributed by atoms with Gasteiger partial charge in [-0.15, -0.1) is 0 Å². The predicted molar refractivity (Wildman–Crippen MR) is 87.6 cm³/mol. The standard InChI is InChI=1S/C17H34N2O2/c1-6-7-8-9-11-18-15-10-12-19(14(2)13-15)16(20)21-17(3,4)5/h14-15,18H,6-13H2,1-5H3. The SMILES string of the molecule is CCCCCCNC1CCN(C(=O)OC(C)(C)C)C(C)C1. The van der Waals surface area contributed by atoms with Crippen LogP contribution < -0.4 is 5.32 Å². The van der Waals surface area contributed by atoms with E-state index >= 15 is 0 Å². The zero-order valence-corrected chi connectivity index (χ0v) is 14.6. The Morgan fingerprint density at radius 2 is 2.00 bits per heavy atom. The number of carbonyl (C=O) groups excluding carboxylic acids is 1. The summed E-state index contributed by atoms with van der Waals surface area (Å²) in [5, 5.41) is 3.64. The van der Waals surface area contributed by atoms with Gasteiger partial charge in [-0.3, -0.25) is 0 Å². The molecule has 2 unspecified atom stereocenters. The lowest BCUT2D eigenvalue weighted by Crippen LogP contribution is -2.51. The van der Waals surface area contributed by atoms with Crippen molar-refractivity contribution in [3.05, 3.63) is 0 Å². The number of unbranched alkanes of at least 4 members (excludes halogenated alkanes) is 3. The Morgan fingerprint density at radius 1 is 1.29 bits per heavy atom. The Hall–Kier alpha value is -0.770. The van der Waals surface area contributed by atoms with Gasteiger partial charge in [0.05, 0.1) is 0 Å². The molecule has 4 nitrogen and oxygen atoms in total. The monoisotopic (exact) mass is 298 g/mol. The first kappa shape index (κ1) is 18.3. The van der Waals surface area contributed by atoms with Crippen LogP contribution in [0.25, 0.3) is 0 Å². The summed E-state index contributed by atoms with van der Waals surface area (Å²) in [4.78, 5) is 14.0. The van der Waals surface area contributed by atoms with Crippen molar-refractivity contribution in [1.29, 1.82) is 0 Å². The summed E-state index contributed by atoms with van der Waals surface area (Å²) in [6.45, 7) is 12.0. The van der Waals surface area contributed by atoms with Crippen molar-refractivity contribution in [2.75, 3.05) is 13.1 Å². The number of nitrogens with one attached hydrogen (secondary N) is 1. The molecule has 0 aromatic heterocycles. The molecule has 124 valence electrons. The average molecular weight is 298 g/mol. The fourth-order valence-corrected chi connectivity index (χ4v) is 2.81. The molecule has 0 aromatic rings. The van der Waals surface area contributed by atoms with Gasteiger partial charge in [0.15, 0.2) is 0 Å². The molecule has 1 amide bonds. The number of ether oxygens (including phenoxy) is 1. The van der Waals surface area contributed by atoms with Gasteiger partial charge in [-0.25, -0.2) is 4.79 Å². The molecule has 4 heteroatoms. The normalized spacial score (nSPS) is 23.2. The van der Waals surface area contributed by atoms with Crippen molar-refractivity contribution >= 4 is 6.09 Å². The van der Waals surface area contributed by atoms with Crippen molar-refractivity contribution in [3.8, 4) is 0 Å². The van der Waals surface area contributed by atoms with Gasteiger partial charge < -0.3 is 15.0 Å². The van der Waals surface area contributed by atoms with Crippen LogP contribution in [0.2, 0.25) is 0 Å². The van der Waals surface area contributed by atoms with Gasteiger partial charge >= 0.3 is 6.09 Å². The summed E-state index contributed by atoms with van der Waals surface area (Å²) in [6.07, 6.45) is 7.06. The van der Waals surface area contributed by atoms with Crippen molar-refractivity contribution in [2.45, 2.75) is 90.8 Å². The fraction of sp³-hybridized carbons (Fsp3) is 0.941. The Bertz CT molecular complexity index is 312. The van der Waals surface area contributed by atoms with Crippen LogP contribution in [-0.2, 0) is 4.74 Å². The van der Waals surface area contributed by atoms with E-state index in [4.69, 9.17) is 4.74 Å². The Labute approximate surface area is 130 Å². The van der Waals surface area contributed by atoms with Crippen molar-refractivity contribution in [1.82, 2.24) is 10.2 Å². The smallest absolute Gasteiger partial charge is 0.410 e. The Balaban J connectivity index is 2.28. The minimum Gasteiger partial charge on any atom is -0.444 e. The van der Waals surface area contributed by atoms with E-state index in [1.165, 1.54) is 25.7 Å². The maximum atomic E-state index is 12.1. The first-order valence-electron chi connectivity index (χ1n) is 8.56. The van der Waals surface area contributed by atoms with Crippen LogP contribution in [0.3, 0.4) is 0 Å². The molecule has 2 atom stereocenters. The molecule has 21 heavy (non-hydrogen) atoms. The van der Waals surface area contributed by atoms with Gasteiger partial charge in [0.25, 0.3) is 0 Å². The number of nitrogens with zero attached hydrogens (tertiary/aromatic N) is 1. The van der Waals surface area contributed by atoms with E-state index in [9.17, 15) is 4.79 Å². The van der Waals surface area contributed by atoms with Gasteiger partial charge in [0, 0.05) is 18.6 Å². The Morgan fingerprint density at radius 3 is 2.57 bits per heavy atom. The maximum absolute atomic E-state index is 12.1. The summed E-state index contributed by atoms with van der Waals surface area (Å²) in [7, 11) is 0. The summed E-state index contributed by atoms with van der Waals surface area (Å²) in [6, 6.07) is 0.794. The first-order valence-corrected chi connectivity index (χ1v) is 8.56. The van der Waals surface area contributed by atoms with Gasteiger partial charge in [-0.05, 0) is 53.5 Å². The maximum Gasteiger partial charge on any atom is 0.410 e. The quantitative estimate of drug-likeness (QED) is 0.755. The van der Waals surface area contributed by atoms with E-state index in [1.807, 2.05) is 25.7 Å². The molecule has 0 aromatic carbocycles. The topological polar surface area (TPSA) is 41.6 Å². The van der Waals surface area contributed by atoms with Crippen LogP contribution in [0.4, 0.5) is 4.79 Å². The van der Waals surface area contributed by atoms with Gasteiger partial charge in [-0.1, -0.05) is 26.2 Å². The molecule has 0 radical (unpaired) electrons. The zero-order chi connectivity index (χ0) is 15.9. The number of carbonyl (C=O) groups is 1. The number of likely N-dealkylation sites (tertiary alicyclic amines) is 1. The molecule has 1 N–H and O–H groups in total. The third-order valence-electron chi connectivity index (χ3n) is 3.97. The largest absolute Gasteiger partial charge is 0.444 e. The number of hydrogen-bond acceptors (Lipinski definition) is 3. The molecular weight excluding hydrogens is 264 g/mol. The lowest BCUT2D eigenvalue weighted by atomic mass is 9.98. The summed E-state index contributed by atoms with van der Waals surface area (Å²) in [5.74, 6) is 0. The second-order valence-electron chi connectivity index (χ2n) is 7.26. The summed E-state index contributed by atoms with van der Waals surface area (Å²) >= 11 is 0. The van der Waals surface area contributed by atoms with Crippen molar-refractivity contribution in [3.63, 3.8) is 0 Å². The van der Waals surface area contributed by atoms with E-state index in [0.29, 0.717) is 6.04 Å². The minimum atomic E-state index is -0.412. The molecule has 0 aliphatic carbocycles. The highest BCUT2D eigenvalue weighted by molar-refractivity contribution is 5.68. The molecule has 1 heterocycles. The van der Waals surface area contributed by atoms with Gasteiger partial charge in [0.2, 0.25) is 0 Å². The van der Waals surface area contributed by atoms with Crippen LogP contribution in [0, 0.1) is 0 Å². The van der Waals surface area contributed by atoms with Gasteiger partial charge in [-0.2, -0.15) is 0 Å². The van der Waals surface area contributed by atoms with Crippen LogP contribution in [0.15, 0.2) is 0 Å². The molecule has 1 rings (SSSR count). The molecule has 0 saturated carbocycles. The Kier molecular flexibility index (Phi) is 7.50. The second-order valence-corrected chi connectivity index (χ2v) is 7.26. The third kappa shape index (κ3) is 7.16. The number of hydrogen-bond donors (Lipinski definition) is 1. The predicted octanol–water partition coefficient (Wildman–Crippen LogP) is 3.94. The molecule has 1 aliphatic heterocycles. The van der Waals surface area contributed by atoms with E-state index in [2.05, 4.69) is 19.2 Å². The van der Waals surface area contributed by atoms with Crippen LogP contribution in [0.1, 0.15) is 73.1 Å². The van der Waals surface area contributed by atoms with E-state index in [1.54, 1.807) is 0 Å². The number of amides is 1. The first-order chi connectivity index (χ1) is 9.83. The van der Waals surface area contributed by atoms with Crippen molar-refractivity contribution < 1.29 is 9.53 Å². The molecule has 1 saturated heterocycles. The zero-order valence-electron chi connectivity index (χ0n) is 14.6. The van der Waals surface area contributed by atoms with Crippen LogP contribution in [0.5, 0.6) is 0 Å².